The highest BCUT2D eigenvalue weighted by Gasteiger charge is 2.34. The lowest BCUT2D eigenvalue weighted by molar-refractivity contribution is -0.114. The predicted octanol–water partition coefficient (Wildman–Crippen LogP) is 5.24. The fourth-order valence-corrected chi connectivity index (χ4v) is 7.33. The molecule has 0 aliphatic carbocycles. The summed E-state index contributed by atoms with van der Waals surface area (Å²) < 4.78 is 0. The summed E-state index contributed by atoms with van der Waals surface area (Å²) in [6.45, 7) is 7.75. The Labute approximate surface area is 290 Å². The van der Waals surface area contributed by atoms with Gasteiger partial charge in [0.15, 0.2) is 5.78 Å². The Kier molecular flexibility index (Phi) is 12.3. The molecule has 2 aliphatic rings. The number of likely N-dealkylation sites (tertiary alicyclic amines) is 1. The molecule has 6 rings (SSSR count). The number of carbonyl (C=O) groups is 2. The molecule has 9 nitrogen and oxygen atoms in total. The first-order chi connectivity index (χ1) is 24.0. The number of para-hydroxylation sites is 1. The van der Waals surface area contributed by atoms with Crippen LogP contribution in [-0.4, -0.2) is 75.8 Å². The molecule has 2 saturated heterocycles. The van der Waals surface area contributed by atoms with Crippen molar-refractivity contribution in [3.05, 3.63) is 125 Å². The number of rotatable bonds is 14. The van der Waals surface area contributed by atoms with Gasteiger partial charge in [-0.1, -0.05) is 48.5 Å². The molecule has 49 heavy (non-hydrogen) atoms. The molecule has 256 valence electrons. The minimum atomic E-state index is -0.257. The number of piperidine rings is 2. The van der Waals surface area contributed by atoms with Crippen LogP contribution in [0.4, 0.5) is 5.69 Å². The second kappa shape index (κ2) is 17.4. The lowest BCUT2D eigenvalue weighted by atomic mass is 9.90. The maximum Gasteiger partial charge on any atom is 0.221 e. The van der Waals surface area contributed by atoms with Crippen LogP contribution in [-0.2, 0) is 30.8 Å². The summed E-state index contributed by atoms with van der Waals surface area (Å²) in [5.74, 6) is -0.119. The molecule has 2 aliphatic heterocycles. The maximum absolute atomic E-state index is 13.6. The highest BCUT2D eigenvalue weighted by Crippen LogP contribution is 2.27. The molecule has 2 atom stereocenters. The van der Waals surface area contributed by atoms with Gasteiger partial charge in [0.25, 0.3) is 0 Å². The third kappa shape index (κ3) is 9.89. The average Bonchev–Trinajstić information content (AvgIpc) is 3.14. The van der Waals surface area contributed by atoms with E-state index in [4.69, 9.17) is 0 Å². The molecular weight excluding hydrogens is 610 g/mol. The van der Waals surface area contributed by atoms with E-state index in [9.17, 15) is 9.59 Å². The van der Waals surface area contributed by atoms with E-state index in [1.807, 2.05) is 54.9 Å². The zero-order valence-corrected chi connectivity index (χ0v) is 28.6. The zero-order chi connectivity index (χ0) is 33.8. The van der Waals surface area contributed by atoms with Crippen molar-refractivity contribution < 1.29 is 9.59 Å². The predicted molar refractivity (Wildman–Crippen MR) is 194 cm³/mol. The number of pyridine rings is 2. The number of anilines is 1. The molecule has 9 heteroatoms. The smallest absolute Gasteiger partial charge is 0.221 e. The van der Waals surface area contributed by atoms with Gasteiger partial charge in [-0.3, -0.25) is 24.5 Å². The van der Waals surface area contributed by atoms with E-state index in [0.29, 0.717) is 23.3 Å². The van der Waals surface area contributed by atoms with E-state index in [1.54, 1.807) is 6.07 Å². The summed E-state index contributed by atoms with van der Waals surface area (Å²) in [4.78, 5) is 39.7. The maximum atomic E-state index is 13.6. The van der Waals surface area contributed by atoms with Crippen LogP contribution in [0.25, 0.3) is 0 Å². The van der Waals surface area contributed by atoms with Gasteiger partial charge in [-0.15, -0.1) is 0 Å². The van der Waals surface area contributed by atoms with Gasteiger partial charge < -0.3 is 20.9 Å². The number of aromatic nitrogens is 2. The SMILES string of the molecule is CC(=O)Nc1ccccc1C(=O)C1CC(N2CCC(N(CCc3ccccn3)Cc3cccc(CNCc4ccccn4)c3)CC2)CCN1. The lowest BCUT2D eigenvalue weighted by Gasteiger charge is -2.44. The van der Waals surface area contributed by atoms with Crippen molar-refractivity contribution in [2.45, 2.75) is 76.8 Å². The Bertz CT molecular complexity index is 1640. The molecule has 2 unspecified atom stereocenters. The third-order valence-corrected chi connectivity index (χ3v) is 9.85. The van der Waals surface area contributed by atoms with Gasteiger partial charge in [-0.2, -0.15) is 0 Å². The van der Waals surface area contributed by atoms with Crippen LogP contribution in [0.3, 0.4) is 0 Å². The molecule has 0 spiro atoms. The van der Waals surface area contributed by atoms with Gasteiger partial charge in [0.1, 0.15) is 0 Å². The average molecular weight is 660 g/mol. The van der Waals surface area contributed by atoms with E-state index in [0.717, 1.165) is 89.3 Å². The van der Waals surface area contributed by atoms with Crippen molar-refractivity contribution >= 4 is 17.4 Å². The first kappa shape index (κ1) is 34.6. The monoisotopic (exact) mass is 659 g/mol. The summed E-state index contributed by atoms with van der Waals surface area (Å²) in [6.07, 6.45) is 8.65. The van der Waals surface area contributed by atoms with Gasteiger partial charge in [-0.25, -0.2) is 0 Å². The fourth-order valence-electron chi connectivity index (χ4n) is 7.33. The van der Waals surface area contributed by atoms with Gasteiger partial charge in [0.2, 0.25) is 5.91 Å². The minimum absolute atomic E-state index is 0.0544. The molecule has 0 bridgehead atoms. The van der Waals surface area contributed by atoms with E-state index < -0.39 is 0 Å². The van der Waals surface area contributed by atoms with Crippen LogP contribution < -0.4 is 16.0 Å². The standard InChI is InChI=1S/C40H49N7O2/c1-30(48)45-38-14-3-2-13-37(38)40(49)39-26-36(15-21-44-39)46-23-17-35(18-24-46)47(22-16-33-11-4-6-19-42-33)29-32-10-8-9-31(25-32)27-41-28-34-12-5-7-20-43-34/h2-14,19-20,25,35-36,39,41,44H,15-18,21-24,26-29H2,1H3,(H,45,48). The summed E-state index contributed by atoms with van der Waals surface area (Å²) in [5.41, 5.74) is 5.95. The van der Waals surface area contributed by atoms with Crippen molar-refractivity contribution in [2.75, 3.05) is 31.5 Å². The number of benzene rings is 2. The number of nitrogens with zero attached hydrogens (tertiary/aromatic N) is 4. The second-order valence-corrected chi connectivity index (χ2v) is 13.3. The van der Waals surface area contributed by atoms with E-state index in [-0.39, 0.29) is 17.7 Å². The Balaban J connectivity index is 1.07. The van der Waals surface area contributed by atoms with Gasteiger partial charge >= 0.3 is 0 Å². The van der Waals surface area contributed by atoms with Crippen LogP contribution in [0.15, 0.2) is 97.3 Å². The third-order valence-electron chi connectivity index (χ3n) is 9.85. The first-order valence-corrected chi connectivity index (χ1v) is 17.7. The quantitative estimate of drug-likeness (QED) is 0.158. The molecular formula is C40H49N7O2. The number of hydrogen-bond donors (Lipinski definition) is 3. The minimum Gasteiger partial charge on any atom is -0.326 e. The van der Waals surface area contributed by atoms with Crippen LogP contribution in [0.1, 0.15) is 65.5 Å². The number of amides is 1. The number of Topliss-reactive ketones (excluding diaryl/α,β-unsaturated/α-hetero) is 1. The van der Waals surface area contributed by atoms with Crippen molar-refractivity contribution in [3.8, 4) is 0 Å². The molecule has 0 radical (unpaired) electrons. The molecule has 4 heterocycles. The highest BCUT2D eigenvalue weighted by molar-refractivity contribution is 6.07. The van der Waals surface area contributed by atoms with Crippen molar-refractivity contribution in [1.82, 2.24) is 30.4 Å². The van der Waals surface area contributed by atoms with E-state index in [1.165, 1.54) is 18.1 Å². The highest BCUT2D eigenvalue weighted by atomic mass is 16.1. The molecule has 2 aromatic heterocycles. The van der Waals surface area contributed by atoms with E-state index >= 15 is 0 Å². The number of carbonyl (C=O) groups excluding carboxylic acids is 2. The second-order valence-electron chi connectivity index (χ2n) is 13.3. The topological polar surface area (TPSA) is 102 Å². The molecule has 3 N–H and O–H groups in total. The number of ketones is 1. The van der Waals surface area contributed by atoms with Gasteiger partial charge in [-0.05, 0) is 92.8 Å². The van der Waals surface area contributed by atoms with Crippen LogP contribution in [0.5, 0.6) is 0 Å². The molecule has 2 fully saturated rings. The van der Waals surface area contributed by atoms with Crippen molar-refractivity contribution in [3.63, 3.8) is 0 Å². The zero-order valence-electron chi connectivity index (χ0n) is 28.6. The van der Waals surface area contributed by atoms with Crippen LogP contribution in [0.2, 0.25) is 0 Å². The Morgan fingerprint density at radius 1 is 0.857 bits per heavy atom. The molecule has 4 aromatic rings. The Hall–Kier alpha value is -4.28. The van der Waals surface area contributed by atoms with Crippen LogP contribution in [0, 0.1) is 0 Å². The largest absolute Gasteiger partial charge is 0.326 e. The van der Waals surface area contributed by atoms with Gasteiger partial charge in [0.05, 0.1) is 17.4 Å². The summed E-state index contributed by atoms with van der Waals surface area (Å²) in [6, 6.07) is 29.1. The Morgan fingerprint density at radius 3 is 2.35 bits per heavy atom. The normalized spacial score (nSPS) is 18.7. The number of nitrogens with one attached hydrogen (secondary N) is 3. The summed E-state index contributed by atoms with van der Waals surface area (Å²) in [7, 11) is 0. The molecule has 2 aromatic carbocycles. The van der Waals surface area contributed by atoms with Crippen molar-refractivity contribution in [2.24, 2.45) is 0 Å². The first-order valence-electron chi connectivity index (χ1n) is 17.7. The molecule has 0 saturated carbocycles. The fraction of sp³-hybridized carbons (Fsp3) is 0.400. The van der Waals surface area contributed by atoms with Crippen LogP contribution >= 0.6 is 0 Å². The number of hydrogen-bond acceptors (Lipinski definition) is 8. The Morgan fingerprint density at radius 2 is 1.59 bits per heavy atom. The summed E-state index contributed by atoms with van der Waals surface area (Å²) in [5, 5.41) is 9.84. The molecule has 1 amide bonds. The van der Waals surface area contributed by atoms with Gasteiger partial charge in [0, 0.05) is 75.3 Å². The van der Waals surface area contributed by atoms with E-state index in [2.05, 4.69) is 72.1 Å². The van der Waals surface area contributed by atoms with Crippen molar-refractivity contribution in [1.29, 1.82) is 0 Å². The summed E-state index contributed by atoms with van der Waals surface area (Å²) >= 11 is 0. The lowest BCUT2D eigenvalue weighted by Crippen LogP contribution is -2.54.